The maximum Gasteiger partial charge on any atom is 0.240 e. The largest absolute Gasteiger partial charge is 0.497 e. The first-order valence-corrected chi connectivity index (χ1v) is 8.31. The van der Waals surface area contributed by atoms with Crippen LogP contribution in [0.5, 0.6) is 11.5 Å². The summed E-state index contributed by atoms with van der Waals surface area (Å²) < 4.78 is 37.3. The summed E-state index contributed by atoms with van der Waals surface area (Å²) in [5.74, 6) is 1.38. The Hall–Kier alpha value is -2.05. The van der Waals surface area contributed by atoms with Crippen LogP contribution in [0.2, 0.25) is 0 Å². The van der Waals surface area contributed by atoms with Gasteiger partial charge in [-0.05, 0) is 30.2 Å². The summed E-state index contributed by atoms with van der Waals surface area (Å²) in [7, 11) is -0.317. The lowest BCUT2D eigenvalue weighted by Gasteiger charge is -2.11. The highest BCUT2D eigenvalue weighted by atomic mass is 32.2. The maximum atomic E-state index is 12.1. The molecule has 0 radical (unpaired) electrons. The Morgan fingerprint density at radius 1 is 1.00 bits per heavy atom. The molecule has 22 heavy (non-hydrogen) atoms. The van der Waals surface area contributed by atoms with E-state index in [-0.39, 0.29) is 4.90 Å². The van der Waals surface area contributed by atoms with Crippen molar-refractivity contribution in [3.8, 4) is 11.5 Å². The highest BCUT2D eigenvalue weighted by molar-refractivity contribution is 7.89. The Morgan fingerprint density at radius 3 is 2.36 bits per heavy atom. The molecule has 2 aromatic rings. The number of sulfonamides is 1. The molecular formula is C16H19NO4S. The van der Waals surface area contributed by atoms with E-state index >= 15 is 0 Å². The smallest absolute Gasteiger partial charge is 0.240 e. The van der Waals surface area contributed by atoms with Gasteiger partial charge in [0.15, 0.2) is 0 Å². The van der Waals surface area contributed by atoms with Crippen molar-refractivity contribution < 1.29 is 17.9 Å². The van der Waals surface area contributed by atoms with Crippen molar-refractivity contribution in [2.45, 2.75) is 11.3 Å². The number of nitrogens with one attached hydrogen (secondary N) is 1. The molecule has 2 rings (SSSR count). The van der Waals surface area contributed by atoms with Crippen LogP contribution in [-0.2, 0) is 16.4 Å². The summed E-state index contributed by atoms with van der Waals surface area (Å²) >= 11 is 0. The molecule has 0 atom stereocenters. The molecule has 0 heterocycles. The number of hydrogen-bond donors (Lipinski definition) is 1. The summed E-state index contributed by atoms with van der Waals surface area (Å²) in [6.07, 6.45) is 0.527. The van der Waals surface area contributed by atoms with Crippen molar-refractivity contribution in [2.75, 3.05) is 20.8 Å². The predicted octanol–water partition coefficient (Wildman–Crippen LogP) is 2.22. The van der Waals surface area contributed by atoms with Crippen LogP contribution < -0.4 is 14.2 Å². The van der Waals surface area contributed by atoms with Gasteiger partial charge in [0.25, 0.3) is 0 Å². The normalized spacial score (nSPS) is 11.2. The number of rotatable bonds is 7. The Labute approximate surface area is 130 Å². The molecule has 0 saturated heterocycles. The quantitative estimate of drug-likeness (QED) is 0.849. The number of methoxy groups -OCH3 is 2. The summed E-state index contributed by atoms with van der Waals surface area (Å²) in [5.41, 5.74) is 0.916. The molecule has 0 aliphatic rings. The lowest BCUT2D eigenvalue weighted by atomic mass is 10.1. The Morgan fingerprint density at radius 2 is 1.73 bits per heavy atom. The van der Waals surface area contributed by atoms with Gasteiger partial charge in [-0.3, -0.25) is 0 Å². The summed E-state index contributed by atoms with van der Waals surface area (Å²) in [4.78, 5) is 0.261. The minimum absolute atomic E-state index is 0.261. The fourth-order valence-corrected chi connectivity index (χ4v) is 3.11. The lowest BCUT2D eigenvalue weighted by molar-refractivity contribution is 0.391. The van der Waals surface area contributed by atoms with Gasteiger partial charge in [0, 0.05) is 12.6 Å². The minimum Gasteiger partial charge on any atom is -0.497 e. The van der Waals surface area contributed by atoms with E-state index in [4.69, 9.17) is 9.47 Å². The second kappa shape index (κ2) is 7.29. The van der Waals surface area contributed by atoms with E-state index in [1.54, 1.807) is 50.6 Å². The molecule has 0 aliphatic carbocycles. The van der Waals surface area contributed by atoms with Gasteiger partial charge in [-0.2, -0.15) is 0 Å². The van der Waals surface area contributed by atoms with Crippen LogP contribution in [0.3, 0.4) is 0 Å². The van der Waals surface area contributed by atoms with Crippen molar-refractivity contribution in [3.05, 3.63) is 54.1 Å². The molecule has 0 aromatic heterocycles. The van der Waals surface area contributed by atoms with E-state index in [1.165, 1.54) is 0 Å². The van der Waals surface area contributed by atoms with E-state index < -0.39 is 10.0 Å². The highest BCUT2D eigenvalue weighted by Gasteiger charge is 2.13. The standard InChI is InChI=1S/C16H19NO4S/c1-20-14-9-8-13(16(12-14)21-2)10-11-17-22(18,19)15-6-4-3-5-7-15/h3-9,12,17H,10-11H2,1-2H3. The van der Waals surface area contributed by atoms with Gasteiger partial charge >= 0.3 is 0 Å². The van der Waals surface area contributed by atoms with Gasteiger partial charge in [-0.25, -0.2) is 13.1 Å². The van der Waals surface area contributed by atoms with Gasteiger partial charge in [0.2, 0.25) is 10.0 Å². The number of hydrogen-bond acceptors (Lipinski definition) is 4. The average Bonchev–Trinajstić information content (AvgIpc) is 2.55. The summed E-state index contributed by atoms with van der Waals surface area (Å²) in [5, 5.41) is 0. The van der Waals surface area contributed by atoms with E-state index in [2.05, 4.69) is 4.72 Å². The Kier molecular flexibility index (Phi) is 5.41. The third-order valence-electron chi connectivity index (χ3n) is 3.23. The monoisotopic (exact) mass is 321 g/mol. The molecule has 0 aliphatic heterocycles. The van der Waals surface area contributed by atoms with Crippen molar-refractivity contribution in [1.82, 2.24) is 4.72 Å². The van der Waals surface area contributed by atoms with Crippen molar-refractivity contribution in [1.29, 1.82) is 0 Å². The van der Waals surface area contributed by atoms with E-state index in [1.807, 2.05) is 12.1 Å². The highest BCUT2D eigenvalue weighted by Crippen LogP contribution is 2.24. The maximum absolute atomic E-state index is 12.1. The van der Waals surface area contributed by atoms with Gasteiger partial charge in [-0.15, -0.1) is 0 Å². The average molecular weight is 321 g/mol. The van der Waals surface area contributed by atoms with E-state index in [0.717, 1.165) is 5.56 Å². The molecule has 0 amide bonds. The number of benzene rings is 2. The minimum atomic E-state index is -3.48. The fourth-order valence-electron chi connectivity index (χ4n) is 2.06. The Bertz CT molecular complexity index is 714. The number of ether oxygens (including phenoxy) is 2. The first-order valence-electron chi connectivity index (χ1n) is 6.82. The zero-order chi connectivity index (χ0) is 16.0. The molecule has 5 nitrogen and oxygen atoms in total. The van der Waals surface area contributed by atoms with Crippen molar-refractivity contribution in [3.63, 3.8) is 0 Å². The molecule has 2 aromatic carbocycles. The SMILES string of the molecule is COc1ccc(CCNS(=O)(=O)c2ccccc2)c(OC)c1. The van der Waals surface area contributed by atoms with E-state index in [0.29, 0.717) is 24.5 Å². The first kappa shape index (κ1) is 16.3. The lowest BCUT2D eigenvalue weighted by Crippen LogP contribution is -2.26. The topological polar surface area (TPSA) is 64.6 Å². The van der Waals surface area contributed by atoms with Crippen LogP contribution in [-0.4, -0.2) is 29.2 Å². The van der Waals surface area contributed by atoms with Crippen LogP contribution in [0.15, 0.2) is 53.4 Å². The third-order valence-corrected chi connectivity index (χ3v) is 4.71. The van der Waals surface area contributed by atoms with Crippen LogP contribution >= 0.6 is 0 Å². The van der Waals surface area contributed by atoms with Gasteiger partial charge < -0.3 is 9.47 Å². The summed E-state index contributed by atoms with van der Waals surface area (Å²) in [6, 6.07) is 13.8. The van der Waals surface area contributed by atoms with E-state index in [9.17, 15) is 8.42 Å². The molecule has 0 unspecified atom stereocenters. The second-order valence-corrected chi connectivity index (χ2v) is 6.41. The molecule has 0 bridgehead atoms. The second-order valence-electron chi connectivity index (χ2n) is 4.64. The molecule has 0 saturated carbocycles. The molecular weight excluding hydrogens is 302 g/mol. The van der Waals surface area contributed by atoms with Crippen LogP contribution in [0, 0.1) is 0 Å². The first-order chi connectivity index (χ1) is 10.6. The fraction of sp³-hybridized carbons (Fsp3) is 0.250. The molecule has 6 heteroatoms. The molecule has 0 spiro atoms. The zero-order valence-corrected chi connectivity index (χ0v) is 13.4. The van der Waals surface area contributed by atoms with Crippen LogP contribution in [0.1, 0.15) is 5.56 Å². The van der Waals surface area contributed by atoms with Crippen molar-refractivity contribution in [2.24, 2.45) is 0 Å². The van der Waals surface area contributed by atoms with Gasteiger partial charge in [0.05, 0.1) is 19.1 Å². The molecule has 118 valence electrons. The van der Waals surface area contributed by atoms with Gasteiger partial charge in [-0.1, -0.05) is 24.3 Å². The van der Waals surface area contributed by atoms with Crippen LogP contribution in [0.25, 0.3) is 0 Å². The van der Waals surface area contributed by atoms with Crippen LogP contribution in [0.4, 0.5) is 0 Å². The summed E-state index contributed by atoms with van der Waals surface area (Å²) in [6.45, 7) is 0.292. The molecule has 0 fully saturated rings. The predicted molar refractivity (Wildman–Crippen MR) is 84.9 cm³/mol. The van der Waals surface area contributed by atoms with Gasteiger partial charge in [0.1, 0.15) is 11.5 Å². The zero-order valence-electron chi connectivity index (χ0n) is 12.6. The molecule has 1 N–H and O–H groups in total. The third kappa shape index (κ3) is 3.99. The van der Waals surface area contributed by atoms with Crippen molar-refractivity contribution >= 4 is 10.0 Å². The Balaban J connectivity index is 2.02.